The molecule has 0 atom stereocenters. The summed E-state index contributed by atoms with van der Waals surface area (Å²) in [7, 11) is 0. The molecule has 0 unspecified atom stereocenters. The van der Waals surface area contributed by atoms with E-state index in [0.29, 0.717) is 23.6 Å². The minimum absolute atomic E-state index is 0.344. The van der Waals surface area contributed by atoms with E-state index < -0.39 is 17.2 Å². The van der Waals surface area contributed by atoms with Gasteiger partial charge in [-0.15, -0.1) is 0 Å². The van der Waals surface area contributed by atoms with Gasteiger partial charge in [0.15, 0.2) is 11.6 Å². The number of nitrogens with zero attached hydrogens (tertiary/aromatic N) is 1. The van der Waals surface area contributed by atoms with Gasteiger partial charge in [0.1, 0.15) is 11.5 Å². The summed E-state index contributed by atoms with van der Waals surface area (Å²) < 4.78 is 26.7. The van der Waals surface area contributed by atoms with Crippen LogP contribution in [-0.4, -0.2) is 18.3 Å². The van der Waals surface area contributed by atoms with E-state index in [0.717, 1.165) is 17.7 Å². The Bertz CT molecular complexity index is 889. The molecule has 0 bridgehead atoms. The maximum atomic E-state index is 13.5. The summed E-state index contributed by atoms with van der Waals surface area (Å²) in [4.78, 5) is 17.0. The molecule has 2 N–H and O–H groups in total. The molecule has 1 aliphatic heterocycles. The van der Waals surface area contributed by atoms with Crippen LogP contribution in [0.4, 0.5) is 8.78 Å². The van der Waals surface area contributed by atoms with E-state index in [1.165, 1.54) is 6.07 Å². The van der Waals surface area contributed by atoms with Crippen molar-refractivity contribution < 1.29 is 13.6 Å². The van der Waals surface area contributed by atoms with E-state index in [2.05, 4.69) is 15.6 Å². The van der Waals surface area contributed by atoms with Crippen molar-refractivity contribution in [2.75, 3.05) is 6.54 Å². The van der Waals surface area contributed by atoms with Gasteiger partial charge in [0.25, 0.3) is 5.91 Å². The van der Waals surface area contributed by atoms with Gasteiger partial charge in [-0.25, -0.2) is 8.78 Å². The first-order valence-corrected chi connectivity index (χ1v) is 8.22. The fraction of sp³-hybridized carbons (Fsp3) is 0.200. The van der Waals surface area contributed by atoms with Gasteiger partial charge in [0.2, 0.25) is 0 Å². The van der Waals surface area contributed by atoms with Crippen LogP contribution in [0.15, 0.2) is 65.3 Å². The van der Waals surface area contributed by atoms with E-state index in [9.17, 15) is 13.6 Å². The second kappa shape index (κ2) is 7.07. The maximum absolute atomic E-state index is 13.5. The summed E-state index contributed by atoms with van der Waals surface area (Å²) in [5.41, 5.74) is 0.841. The molecule has 6 heteroatoms. The molecule has 134 valence electrons. The largest absolute Gasteiger partial charge is 0.342 e. The highest BCUT2D eigenvalue weighted by Gasteiger charge is 2.26. The normalized spacial score (nSPS) is 14.2. The second-order valence-electron chi connectivity index (χ2n) is 6.51. The summed E-state index contributed by atoms with van der Waals surface area (Å²) in [6, 6.07) is 13.1. The molecule has 2 aromatic rings. The first-order chi connectivity index (χ1) is 12.4. The van der Waals surface area contributed by atoms with Crippen LogP contribution in [0.1, 0.15) is 25.0 Å². The molecule has 0 radical (unpaired) electrons. The summed E-state index contributed by atoms with van der Waals surface area (Å²) in [5, 5.41) is 5.88. The molecule has 0 spiro atoms. The third kappa shape index (κ3) is 3.79. The lowest BCUT2D eigenvalue weighted by molar-refractivity contribution is -0.119. The van der Waals surface area contributed by atoms with Crippen molar-refractivity contribution in [1.82, 2.24) is 10.6 Å². The van der Waals surface area contributed by atoms with Gasteiger partial charge in [-0.2, -0.15) is 0 Å². The first kappa shape index (κ1) is 17.8. The molecule has 3 rings (SSSR count). The second-order valence-corrected chi connectivity index (χ2v) is 6.51. The van der Waals surface area contributed by atoms with Gasteiger partial charge >= 0.3 is 0 Å². The summed E-state index contributed by atoms with van der Waals surface area (Å²) in [6.45, 7) is 3.84. The Hall–Kier alpha value is -3.02. The minimum Gasteiger partial charge on any atom is -0.342 e. The number of amides is 1. The lowest BCUT2D eigenvalue weighted by Gasteiger charge is -2.28. The molecule has 0 saturated carbocycles. The Morgan fingerprint density at radius 2 is 1.85 bits per heavy atom. The highest BCUT2D eigenvalue weighted by molar-refractivity contribution is 6.06. The van der Waals surface area contributed by atoms with Crippen LogP contribution in [0, 0.1) is 11.6 Å². The summed E-state index contributed by atoms with van der Waals surface area (Å²) in [6.07, 6.45) is 1.68. The minimum atomic E-state index is -0.946. The number of hydrogen-bond donors (Lipinski definition) is 2. The zero-order valence-corrected chi connectivity index (χ0v) is 14.5. The standard InChI is InChI=1S/C20H19F2N3O/c1-20(2,14-8-9-15(21)16(22)12-14)25-19(26)17-10-11-23-18(24-17)13-6-4-3-5-7-13/h3-10,12H,11H2,1-2H3,(H,23,24)(H,25,26). The molecule has 0 fully saturated rings. The molecule has 0 saturated heterocycles. The number of carbonyl (C=O) groups excluding carboxylic acids is 1. The van der Waals surface area contributed by atoms with Gasteiger partial charge < -0.3 is 10.6 Å². The predicted octanol–water partition coefficient (Wildman–Crippen LogP) is 3.25. The number of amidine groups is 1. The molecular weight excluding hydrogens is 336 g/mol. The number of hydrogen-bond acceptors (Lipinski definition) is 3. The fourth-order valence-corrected chi connectivity index (χ4v) is 2.66. The molecule has 0 aliphatic carbocycles. The van der Waals surface area contributed by atoms with Crippen molar-refractivity contribution in [1.29, 1.82) is 0 Å². The number of aliphatic imine (C=N–C) groups is 1. The van der Waals surface area contributed by atoms with E-state index in [4.69, 9.17) is 0 Å². The quantitative estimate of drug-likeness (QED) is 0.885. The van der Waals surface area contributed by atoms with Crippen LogP contribution >= 0.6 is 0 Å². The van der Waals surface area contributed by atoms with Gasteiger partial charge in [-0.05, 0) is 37.6 Å². The van der Waals surface area contributed by atoms with Crippen LogP contribution in [0.3, 0.4) is 0 Å². The molecule has 26 heavy (non-hydrogen) atoms. The number of carbonyl (C=O) groups is 1. The van der Waals surface area contributed by atoms with Crippen LogP contribution in [0.25, 0.3) is 0 Å². The smallest absolute Gasteiger partial charge is 0.268 e. The molecule has 1 aliphatic rings. The highest BCUT2D eigenvalue weighted by Crippen LogP contribution is 2.22. The fourth-order valence-electron chi connectivity index (χ4n) is 2.66. The average molecular weight is 355 g/mol. The van der Waals surface area contributed by atoms with E-state index in [1.54, 1.807) is 19.9 Å². The molecule has 4 nitrogen and oxygen atoms in total. The van der Waals surface area contributed by atoms with Crippen molar-refractivity contribution in [2.24, 2.45) is 4.99 Å². The Morgan fingerprint density at radius 3 is 2.54 bits per heavy atom. The third-order valence-electron chi connectivity index (χ3n) is 4.16. The van der Waals surface area contributed by atoms with Crippen LogP contribution in [0.5, 0.6) is 0 Å². The molecule has 2 aromatic carbocycles. The van der Waals surface area contributed by atoms with Crippen LogP contribution in [-0.2, 0) is 10.3 Å². The lowest BCUT2D eigenvalue weighted by Crippen LogP contribution is -2.45. The van der Waals surface area contributed by atoms with Crippen molar-refractivity contribution in [3.8, 4) is 0 Å². The van der Waals surface area contributed by atoms with E-state index in [1.807, 2.05) is 30.3 Å². The summed E-state index contributed by atoms with van der Waals surface area (Å²) >= 11 is 0. The molecule has 0 aromatic heterocycles. The van der Waals surface area contributed by atoms with E-state index >= 15 is 0 Å². The molecular formula is C20H19F2N3O. The number of benzene rings is 2. The zero-order valence-electron chi connectivity index (χ0n) is 14.5. The lowest BCUT2D eigenvalue weighted by atomic mass is 9.94. The predicted molar refractivity (Wildman–Crippen MR) is 96.6 cm³/mol. The molecule has 1 amide bonds. The molecule has 1 heterocycles. The Morgan fingerprint density at radius 1 is 1.12 bits per heavy atom. The van der Waals surface area contributed by atoms with Crippen molar-refractivity contribution >= 4 is 11.7 Å². The SMILES string of the molecule is CC(C)(NC(=O)C1=CCN=C(c2ccccc2)N1)c1ccc(F)c(F)c1. The average Bonchev–Trinajstić information content (AvgIpc) is 2.64. The van der Waals surface area contributed by atoms with Gasteiger partial charge in [-0.1, -0.05) is 36.4 Å². The maximum Gasteiger partial charge on any atom is 0.268 e. The van der Waals surface area contributed by atoms with Gasteiger partial charge in [-0.3, -0.25) is 9.79 Å². The highest BCUT2D eigenvalue weighted by atomic mass is 19.2. The topological polar surface area (TPSA) is 53.5 Å². The van der Waals surface area contributed by atoms with Crippen molar-refractivity contribution in [3.05, 3.63) is 83.1 Å². The van der Waals surface area contributed by atoms with Gasteiger partial charge in [0, 0.05) is 5.56 Å². The van der Waals surface area contributed by atoms with Crippen LogP contribution in [0.2, 0.25) is 0 Å². The third-order valence-corrected chi connectivity index (χ3v) is 4.16. The van der Waals surface area contributed by atoms with Crippen molar-refractivity contribution in [3.63, 3.8) is 0 Å². The Balaban J connectivity index is 1.73. The summed E-state index contributed by atoms with van der Waals surface area (Å²) in [5.74, 6) is -1.60. The first-order valence-electron chi connectivity index (χ1n) is 8.22. The Labute approximate surface area is 150 Å². The Kier molecular flexibility index (Phi) is 4.84. The number of nitrogens with one attached hydrogen (secondary N) is 2. The van der Waals surface area contributed by atoms with E-state index in [-0.39, 0.29) is 5.91 Å². The van der Waals surface area contributed by atoms with Gasteiger partial charge in [0.05, 0.1) is 12.1 Å². The number of halogens is 2. The van der Waals surface area contributed by atoms with Crippen LogP contribution < -0.4 is 10.6 Å². The number of rotatable bonds is 4. The van der Waals surface area contributed by atoms with Crippen molar-refractivity contribution in [2.45, 2.75) is 19.4 Å². The zero-order chi connectivity index (χ0) is 18.7. The monoisotopic (exact) mass is 355 g/mol.